The molecular formula is C26H30N2O4. The summed E-state index contributed by atoms with van der Waals surface area (Å²) >= 11 is 0. The Balaban J connectivity index is 1.51. The highest BCUT2D eigenvalue weighted by molar-refractivity contribution is 5.96. The molecule has 2 aromatic rings. The lowest BCUT2D eigenvalue weighted by Crippen LogP contribution is -2.34. The lowest BCUT2D eigenvalue weighted by Gasteiger charge is -2.26. The Morgan fingerprint density at radius 3 is 2.41 bits per heavy atom. The van der Waals surface area contributed by atoms with E-state index in [1.807, 2.05) is 48.5 Å². The molecular weight excluding hydrogens is 404 g/mol. The number of nitrogens with zero attached hydrogens (tertiary/aromatic N) is 1. The van der Waals surface area contributed by atoms with Gasteiger partial charge in [-0.15, -0.1) is 0 Å². The highest BCUT2D eigenvalue weighted by atomic mass is 16.5. The molecule has 1 N–H and O–H groups in total. The largest absolute Gasteiger partial charge is 0.379 e. The van der Waals surface area contributed by atoms with Crippen LogP contribution in [0, 0.1) is 11.8 Å². The summed E-state index contributed by atoms with van der Waals surface area (Å²) in [7, 11) is 0. The van der Waals surface area contributed by atoms with Gasteiger partial charge in [0, 0.05) is 37.1 Å². The van der Waals surface area contributed by atoms with Crippen molar-refractivity contribution in [3.8, 4) is 11.8 Å². The van der Waals surface area contributed by atoms with Crippen molar-refractivity contribution in [1.82, 2.24) is 5.32 Å². The molecule has 0 aliphatic carbocycles. The Morgan fingerprint density at radius 2 is 1.59 bits per heavy atom. The molecule has 0 aromatic heterocycles. The van der Waals surface area contributed by atoms with Crippen LogP contribution in [0.25, 0.3) is 0 Å². The molecule has 0 radical (unpaired) electrons. The van der Waals surface area contributed by atoms with Gasteiger partial charge in [-0.25, -0.2) is 0 Å². The topological polar surface area (TPSA) is 67.9 Å². The molecule has 0 atom stereocenters. The zero-order valence-electron chi connectivity index (χ0n) is 18.6. The second kappa shape index (κ2) is 12.7. The third-order valence-corrected chi connectivity index (χ3v) is 5.03. The van der Waals surface area contributed by atoms with Crippen molar-refractivity contribution in [1.29, 1.82) is 0 Å². The van der Waals surface area contributed by atoms with Gasteiger partial charge in [-0.3, -0.25) is 9.59 Å². The quantitative estimate of drug-likeness (QED) is 0.435. The Morgan fingerprint density at radius 1 is 0.906 bits per heavy atom. The molecule has 0 bridgehead atoms. The van der Waals surface area contributed by atoms with Gasteiger partial charge < -0.3 is 19.7 Å². The molecule has 6 heteroatoms. The van der Waals surface area contributed by atoms with E-state index < -0.39 is 0 Å². The van der Waals surface area contributed by atoms with Crippen molar-refractivity contribution >= 4 is 17.5 Å². The van der Waals surface area contributed by atoms with E-state index in [-0.39, 0.29) is 24.7 Å². The Hall–Kier alpha value is -3.14. The number of hydrogen-bond donors (Lipinski definition) is 1. The zero-order valence-corrected chi connectivity index (χ0v) is 18.6. The first-order chi connectivity index (χ1) is 15.7. The second-order valence-electron chi connectivity index (χ2n) is 7.48. The van der Waals surface area contributed by atoms with Gasteiger partial charge in [-0.1, -0.05) is 49.1 Å². The molecule has 6 nitrogen and oxygen atoms in total. The van der Waals surface area contributed by atoms with E-state index in [0.717, 1.165) is 35.4 Å². The van der Waals surface area contributed by atoms with Crippen molar-refractivity contribution in [2.24, 2.45) is 0 Å². The van der Waals surface area contributed by atoms with E-state index in [1.165, 1.54) is 0 Å². The molecule has 1 aliphatic rings. The lowest BCUT2D eigenvalue weighted by molar-refractivity contribution is -0.125. The summed E-state index contributed by atoms with van der Waals surface area (Å²) in [5.41, 5.74) is 3.49. The number of ether oxygens (including phenoxy) is 2. The van der Waals surface area contributed by atoms with Crippen LogP contribution in [0.15, 0.2) is 48.5 Å². The van der Waals surface area contributed by atoms with Crippen LogP contribution in [0.3, 0.4) is 0 Å². The summed E-state index contributed by atoms with van der Waals surface area (Å²) in [4.78, 5) is 27.0. The fourth-order valence-corrected chi connectivity index (χ4v) is 3.38. The minimum Gasteiger partial charge on any atom is -0.379 e. The summed E-state index contributed by atoms with van der Waals surface area (Å²) in [6.45, 7) is 5.11. The molecule has 32 heavy (non-hydrogen) atoms. The molecule has 0 spiro atoms. The Kier molecular flexibility index (Phi) is 9.30. The maximum Gasteiger partial charge on any atom is 0.227 e. The third-order valence-electron chi connectivity index (χ3n) is 5.03. The summed E-state index contributed by atoms with van der Waals surface area (Å²) in [5.74, 6) is 6.12. The van der Waals surface area contributed by atoms with E-state index in [0.29, 0.717) is 32.9 Å². The number of fused-ring (bicyclic) bond motifs is 2. The predicted molar refractivity (Wildman–Crippen MR) is 124 cm³/mol. The smallest absolute Gasteiger partial charge is 0.227 e. The van der Waals surface area contributed by atoms with Gasteiger partial charge in [0.2, 0.25) is 11.8 Å². The van der Waals surface area contributed by atoms with Gasteiger partial charge in [0.25, 0.3) is 0 Å². The number of nitrogens with one attached hydrogen (secondary N) is 1. The number of para-hydroxylation sites is 1. The van der Waals surface area contributed by atoms with E-state index >= 15 is 0 Å². The Bertz CT molecular complexity index is 977. The van der Waals surface area contributed by atoms with Crippen LogP contribution < -0.4 is 10.2 Å². The second-order valence-corrected chi connectivity index (χ2v) is 7.48. The average Bonchev–Trinajstić information content (AvgIpc) is 2.80. The molecule has 2 amide bonds. The molecule has 3 rings (SSSR count). The van der Waals surface area contributed by atoms with E-state index in [9.17, 15) is 9.59 Å². The summed E-state index contributed by atoms with van der Waals surface area (Å²) in [6.07, 6.45) is 1.24. The predicted octanol–water partition coefficient (Wildman–Crippen LogP) is 3.27. The van der Waals surface area contributed by atoms with Crippen molar-refractivity contribution in [2.45, 2.75) is 32.7 Å². The zero-order chi connectivity index (χ0) is 22.6. The van der Waals surface area contributed by atoms with Gasteiger partial charge in [0.05, 0.1) is 32.1 Å². The first-order valence-electron chi connectivity index (χ1n) is 11.1. The average molecular weight is 435 g/mol. The van der Waals surface area contributed by atoms with Crippen molar-refractivity contribution in [3.63, 3.8) is 0 Å². The summed E-state index contributed by atoms with van der Waals surface area (Å²) in [6, 6.07) is 15.5. The van der Waals surface area contributed by atoms with Crippen LogP contribution in [0.1, 0.15) is 42.9 Å². The van der Waals surface area contributed by atoms with Gasteiger partial charge in [0.1, 0.15) is 0 Å². The highest BCUT2D eigenvalue weighted by Gasteiger charge is 2.21. The number of carbonyl (C=O) groups excluding carboxylic acids is 2. The van der Waals surface area contributed by atoms with Gasteiger partial charge in [-0.05, 0) is 30.2 Å². The molecule has 168 valence electrons. The number of benzene rings is 2. The first-order valence-corrected chi connectivity index (χ1v) is 11.1. The first kappa shape index (κ1) is 23.5. The normalized spacial score (nSPS) is 12.0. The van der Waals surface area contributed by atoms with E-state index in [2.05, 4.69) is 24.1 Å². The minimum absolute atomic E-state index is 0.101. The van der Waals surface area contributed by atoms with Crippen LogP contribution in [0.4, 0.5) is 5.69 Å². The van der Waals surface area contributed by atoms with Crippen LogP contribution in [0.2, 0.25) is 0 Å². The van der Waals surface area contributed by atoms with E-state index in [4.69, 9.17) is 9.47 Å². The molecule has 0 unspecified atom stereocenters. The minimum atomic E-state index is -0.162. The van der Waals surface area contributed by atoms with Gasteiger partial charge in [0.15, 0.2) is 0 Å². The molecule has 0 saturated heterocycles. The highest BCUT2D eigenvalue weighted by Crippen LogP contribution is 2.26. The number of rotatable bonds is 11. The summed E-state index contributed by atoms with van der Waals surface area (Å²) in [5, 5.41) is 2.80. The molecule has 1 heterocycles. The van der Waals surface area contributed by atoms with Crippen molar-refractivity contribution in [3.05, 3.63) is 65.2 Å². The van der Waals surface area contributed by atoms with Crippen molar-refractivity contribution < 1.29 is 19.1 Å². The van der Waals surface area contributed by atoms with Crippen LogP contribution >= 0.6 is 0 Å². The standard InChI is InChI=1S/C26H30N2O4/c1-2-16-31-18-19-32-17-15-27-25(29)13-14-26(30)28-20-23-9-4-3-7-21(23)11-12-22-8-5-6-10-24(22)28/h3-10H,2,13-20H2,1H3,(H,27,29). The van der Waals surface area contributed by atoms with Crippen molar-refractivity contribution in [2.75, 3.05) is 37.9 Å². The fourth-order valence-electron chi connectivity index (χ4n) is 3.38. The van der Waals surface area contributed by atoms with E-state index in [1.54, 1.807) is 4.90 Å². The van der Waals surface area contributed by atoms with Gasteiger partial charge in [-0.2, -0.15) is 0 Å². The SMILES string of the molecule is CCCOCCOCCNC(=O)CCC(=O)N1Cc2ccccc2C#Cc2ccccc21. The third kappa shape index (κ3) is 6.94. The molecule has 0 saturated carbocycles. The molecule has 1 aliphatic heterocycles. The maximum absolute atomic E-state index is 13.1. The number of carbonyl (C=O) groups is 2. The van der Waals surface area contributed by atoms with Crippen LogP contribution in [0.5, 0.6) is 0 Å². The number of hydrogen-bond acceptors (Lipinski definition) is 4. The monoisotopic (exact) mass is 434 g/mol. The van der Waals surface area contributed by atoms with Gasteiger partial charge >= 0.3 is 0 Å². The number of amides is 2. The fraction of sp³-hybridized carbons (Fsp3) is 0.385. The van der Waals surface area contributed by atoms with Crippen LogP contribution in [-0.4, -0.2) is 44.8 Å². The van der Waals surface area contributed by atoms with Crippen LogP contribution in [-0.2, 0) is 25.6 Å². The molecule has 2 aromatic carbocycles. The number of anilines is 1. The Labute approximate surface area is 189 Å². The maximum atomic E-state index is 13.1. The molecule has 0 fully saturated rings. The summed E-state index contributed by atoms with van der Waals surface area (Å²) < 4.78 is 10.8. The lowest BCUT2D eigenvalue weighted by atomic mass is 10.0.